The highest BCUT2D eigenvalue weighted by molar-refractivity contribution is 5.95. The summed E-state index contributed by atoms with van der Waals surface area (Å²) in [6.07, 6.45) is 1.45. The molecule has 1 atom stereocenters. The van der Waals surface area contributed by atoms with Crippen LogP contribution in [0.2, 0.25) is 0 Å². The van der Waals surface area contributed by atoms with Crippen molar-refractivity contribution >= 4 is 5.91 Å². The van der Waals surface area contributed by atoms with Crippen LogP contribution >= 0.6 is 0 Å². The van der Waals surface area contributed by atoms with Gasteiger partial charge in [0, 0.05) is 5.56 Å². The Morgan fingerprint density at radius 2 is 2.15 bits per heavy atom. The highest BCUT2D eigenvalue weighted by atomic mass is 16.7. The van der Waals surface area contributed by atoms with Gasteiger partial charge in [0.15, 0.2) is 17.5 Å². The molecule has 3 rings (SSSR count). The molecule has 1 N–H and O–H groups in total. The molecule has 20 heavy (non-hydrogen) atoms. The van der Waals surface area contributed by atoms with Gasteiger partial charge in [-0.3, -0.25) is 4.79 Å². The van der Waals surface area contributed by atoms with E-state index >= 15 is 0 Å². The number of furan rings is 1. The molecule has 2 aromatic rings. The second-order valence-corrected chi connectivity index (χ2v) is 4.12. The van der Waals surface area contributed by atoms with E-state index < -0.39 is 6.04 Å². The summed E-state index contributed by atoms with van der Waals surface area (Å²) in [5.74, 6) is 1.13. The zero-order valence-corrected chi connectivity index (χ0v) is 10.3. The molecule has 0 aliphatic carbocycles. The molecule has 1 aliphatic heterocycles. The average Bonchev–Trinajstić information content (AvgIpc) is 3.14. The van der Waals surface area contributed by atoms with Gasteiger partial charge in [0.2, 0.25) is 6.79 Å². The molecule has 0 fully saturated rings. The van der Waals surface area contributed by atoms with Crippen LogP contribution in [0.1, 0.15) is 22.2 Å². The van der Waals surface area contributed by atoms with Gasteiger partial charge in [-0.05, 0) is 30.3 Å². The van der Waals surface area contributed by atoms with Gasteiger partial charge in [0.05, 0.1) is 12.3 Å². The Morgan fingerprint density at radius 1 is 1.30 bits per heavy atom. The molecule has 6 heteroatoms. The molecule has 1 aliphatic rings. The Kier molecular flexibility index (Phi) is 3.01. The van der Waals surface area contributed by atoms with Gasteiger partial charge in [0.25, 0.3) is 5.91 Å². The number of nitrogens with one attached hydrogen (secondary N) is 1. The second-order valence-electron chi connectivity index (χ2n) is 4.12. The van der Waals surface area contributed by atoms with Crippen LogP contribution in [0, 0.1) is 11.3 Å². The summed E-state index contributed by atoms with van der Waals surface area (Å²) in [5, 5.41) is 11.7. The van der Waals surface area contributed by atoms with E-state index in [1.54, 1.807) is 30.3 Å². The summed E-state index contributed by atoms with van der Waals surface area (Å²) in [5.41, 5.74) is 0.390. The van der Waals surface area contributed by atoms with Crippen LogP contribution in [0.4, 0.5) is 0 Å². The second kappa shape index (κ2) is 4.97. The van der Waals surface area contributed by atoms with E-state index in [4.69, 9.17) is 19.2 Å². The number of amides is 1. The smallest absolute Gasteiger partial charge is 0.252 e. The minimum absolute atomic E-state index is 0.146. The number of fused-ring (bicyclic) bond motifs is 1. The molecular weight excluding hydrogens is 260 g/mol. The monoisotopic (exact) mass is 270 g/mol. The molecule has 1 amide bonds. The molecule has 0 saturated carbocycles. The highest BCUT2D eigenvalue weighted by Gasteiger charge is 2.20. The summed E-state index contributed by atoms with van der Waals surface area (Å²) >= 11 is 0. The number of nitriles is 1. The number of ether oxygens (including phenoxy) is 2. The van der Waals surface area contributed by atoms with Crippen LogP contribution in [0.5, 0.6) is 11.5 Å². The summed E-state index contributed by atoms with van der Waals surface area (Å²) in [6.45, 7) is 0.146. The van der Waals surface area contributed by atoms with E-state index in [9.17, 15) is 4.79 Å². The van der Waals surface area contributed by atoms with Crippen molar-refractivity contribution < 1.29 is 18.7 Å². The predicted octanol–water partition coefficient (Wildman–Crippen LogP) is 2.00. The molecule has 0 spiro atoms. The van der Waals surface area contributed by atoms with Crippen molar-refractivity contribution in [3.63, 3.8) is 0 Å². The fourth-order valence-corrected chi connectivity index (χ4v) is 1.87. The van der Waals surface area contributed by atoms with Crippen LogP contribution in [-0.4, -0.2) is 12.7 Å². The molecule has 6 nitrogen and oxygen atoms in total. The lowest BCUT2D eigenvalue weighted by Gasteiger charge is -2.09. The SMILES string of the molecule is N#CC(NC(=O)c1ccc2c(c1)OCO2)c1ccco1. The van der Waals surface area contributed by atoms with E-state index in [0.29, 0.717) is 22.8 Å². The van der Waals surface area contributed by atoms with Crippen molar-refractivity contribution in [3.8, 4) is 17.6 Å². The Labute approximate surface area is 114 Å². The molecule has 1 unspecified atom stereocenters. The number of carbonyl (C=O) groups excluding carboxylic acids is 1. The maximum Gasteiger partial charge on any atom is 0.252 e. The maximum absolute atomic E-state index is 12.1. The molecule has 0 saturated heterocycles. The number of carbonyl (C=O) groups is 1. The first-order valence-corrected chi connectivity index (χ1v) is 5.91. The topological polar surface area (TPSA) is 84.5 Å². The number of benzene rings is 1. The highest BCUT2D eigenvalue weighted by Crippen LogP contribution is 2.32. The van der Waals surface area contributed by atoms with Gasteiger partial charge in [-0.15, -0.1) is 0 Å². The molecular formula is C14H10N2O4. The molecule has 2 heterocycles. The summed E-state index contributed by atoms with van der Waals surface area (Å²) < 4.78 is 15.5. The number of hydrogen-bond donors (Lipinski definition) is 1. The van der Waals surface area contributed by atoms with E-state index in [-0.39, 0.29) is 12.7 Å². The standard InChI is InChI=1S/C14H10N2O4/c15-7-10(11-2-1-5-18-11)16-14(17)9-3-4-12-13(6-9)20-8-19-12/h1-6,10H,8H2,(H,16,17). The van der Waals surface area contributed by atoms with E-state index in [1.807, 2.05) is 6.07 Å². The van der Waals surface area contributed by atoms with Gasteiger partial charge in [-0.25, -0.2) is 0 Å². The lowest BCUT2D eigenvalue weighted by atomic mass is 10.1. The fraction of sp³-hybridized carbons (Fsp3) is 0.143. The molecule has 0 bridgehead atoms. The first-order chi connectivity index (χ1) is 9.78. The van der Waals surface area contributed by atoms with Crippen molar-refractivity contribution in [2.45, 2.75) is 6.04 Å². The third-order valence-corrected chi connectivity index (χ3v) is 2.87. The Balaban J connectivity index is 1.78. The minimum Gasteiger partial charge on any atom is -0.466 e. The molecule has 0 radical (unpaired) electrons. The Hall–Kier alpha value is -2.94. The molecule has 1 aromatic heterocycles. The molecule has 100 valence electrons. The zero-order chi connectivity index (χ0) is 13.9. The van der Waals surface area contributed by atoms with Crippen LogP contribution in [-0.2, 0) is 0 Å². The Bertz CT molecular complexity index is 673. The van der Waals surface area contributed by atoms with Crippen LogP contribution < -0.4 is 14.8 Å². The lowest BCUT2D eigenvalue weighted by Crippen LogP contribution is -2.27. The van der Waals surface area contributed by atoms with Crippen molar-refractivity contribution in [1.82, 2.24) is 5.32 Å². The average molecular weight is 270 g/mol. The zero-order valence-electron chi connectivity index (χ0n) is 10.3. The summed E-state index contributed by atoms with van der Waals surface area (Å²) in [7, 11) is 0. The molecule has 1 aromatic carbocycles. The quantitative estimate of drug-likeness (QED) is 0.922. The van der Waals surface area contributed by atoms with Crippen molar-refractivity contribution in [3.05, 3.63) is 47.9 Å². The van der Waals surface area contributed by atoms with Gasteiger partial charge >= 0.3 is 0 Å². The van der Waals surface area contributed by atoms with Gasteiger partial charge < -0.3 is 19.2 Å². The van der Waals surface area contributed by atoms with Crippen molar-refractivity contribution in [2.75, 3.05) is 6.79 Å². The summed E-state index contributed by atoms with van der Waals surface area (Å²) in [6, 6.07) is 9.28. The number of hydrogen-bond acceptors (Lipinski definition) is 5. The van der Waals surface area contributed by atoms with Gasteiger partial charge in [-0.1, -0.05) is 0 Å². The van der Waals surface area contributed by atoms with Crippen LogP contribution in [0.15, 0.2) is 41.0 Å². The van der Waals surface area contributed by atoms with E-state index in [1.165, 1.54) is 6.26 Å². The number of nitrogens with zero attached hydrogens (tertiary/aromatic N) is 1. The van der Waals surface area contributed by atoms with Crippen molar-refractivity contribution in [1.29, 1.82) is 5.26 Å². The number of rotatable bonds is 3. The van der Waals surface area contributed by atoms with E-state index in [2.05, 4.69) is 5.32 Å². The van der Waals surface area contributed by atoms with E-state index in [0.717, 1.165) is 0 Å². The normalized spacial score (nSPS) is 13.6. The minimum atomic E-state index is -0.831. The predicted molar refractivity (Wildman–Crippen MR) is 67.1 cm³/mol. The summed E-state index contributed by atoms with van der Waals surface area (Å²) in [4.78, 5) is 12.1. The first kappa shape index (κ1) is 12.1. The third-order valence-electron chi connectivity index (χ3n) is 2.87. The van der Waals surface area contributed by atoms with Gasteiger partial charge in [-0.2, -0.15) is 5.26 Å². The first-order valence-electron chi connectivity index (χ1n) is 5.91. The van der Waals surface area contributed by atoms with Crippen molar-refractivity contribution in [2.24, 2.45) is 0 Å². The van der Waals surface area contributed by atoms with Crippen LogP contribution in [0.3, 0.4) is 0 Å². The maximum atomic E-state index is 12.1. The third kappa shape index (κ3) is 2.17. The lowest BCUT2D eigenvalue weighted by molar-refractivity contribution is 0.0941. The Morgan fingerprint density at radius 3 is 2.90 bits per heavy atom. The van der Waals surface area contributed by atoms with Gasteiger partial charge in [0.1, 0.15) is 5.76 Å². The van der Waals surface area contributed by atoms with Crippen LogP contribution in [0.25, 0.3) is 0 Å². The fourth-order valence-electron chi connectivity index (χ4n) is 1.87. The largest absolute Gasteiger partial charge is 0.466 e.